The van der Waals surface area contributed by atoms with Gasteiger partial charge in [0.1, 0.15) is 36.8 Å². The summed E-state index contributed by atoms with van der Waals surface area (Å²) < 4.78 is 11.7. The number of carboxylic acids is 1. The van der Waals surface area contributed by atoms with Gasteiger partial charge in [0.2, 0.25) is 5.91 Å². The summed E-state index contributed by atoms with van der Waals surface area (Å²) in [7, 11) is 0. The Morgan fingerprint density at radius 2 is 1.91 bits per heavy atom. The van der Waals surface area contributed by atoms with Gasteiger partial charge in [-0.05, 0) is 48.4 Å². The Bertz CT molecular complexity index is 1880. The molecule has 0 radical (unpaired) electrons. The van der Waals surface area contributed by atoms with Crippen molar-refractivity contribution >= 4 is 51.4 Å². The smallest absolute Gasteiger partial charge is 0.408 e. The number of aromatic amines is 1. The molecule has 3 heterocycles. The summed E-state index contributed by atoms with van der Waals surface area (Å²) in [5.41, 5.74) is 2.65. The molecule has 3 aromatic carbocycles. The van der Waals surface area contributed by atoms with Crippen LogP contribution in [0.5, 0.6) is 5.75 Å². The number of fused-ring (bicyclic) bond motifs is 2. The third-order valence-electron chi connectivity index (χ3n) is 8.23. The number of carboxylic acid groups (broad SMARTS) is 1. The molecule has 1 fully saturated rings. The van der Waals surface area contributed by atoms with E-state index in [4.69, 9.17) is 9.47 Å². The van der Waals surface area contributed by atoms with Crippen molar-refractivity contribution in [2.45, 2.75) is 44.9 Å². The maximum atomic E-state index is 13.4. The Kier molecular flexibility index (Phi) is 9.41. The molecular weight excluding hydrogens is 602 g/mol. The van der Waals surface area contributed by atoms with Crippen molar-refractivity contribution in [2.24, 2.45) is 5.92 Å². The van der Waals surface area contributed by atoms with Gasteiger partial charge in [0.05, 0.1) is 18.3 Å². The average Bonchev–Trinajstić information content (AvgIpc) is 3.76. The van der Waals surface area contributed by atoms with Crippen LogP contribution in [0.1, 0.15) is 31.7 Å². The summed E-state index contributed by atoms with van der Waals surface area (Å²) in [6.45, 7) is 2.74. The maximum absolute atomic E-state index is 13.4. The predicted octanol–water partition coefficient (Wildman–Crippen LogP) is 4.90. The van der Waals surface area contributed by atoms with Gasteiger partial charge in [-0.1, -0.05) is 55.5 Å². The molecule has 2 aromatic heterocycles. The molecule has 1 aliphatic rings. The van der Waals surface area contributed by atoms with E-state index in [-0.39, 0.29) is 19.1 Å². The zero-order valence-corrected chi connectivity index (χ0v) is 25.8. The lowest BCUT2D eigenvalue weighted by molar-refractivity contribution is -0.141. The van der Waals surface area contributed by atoms with Gasteiger partial charge in [-0.2, -0.15) is 0 Å². The standard InChI is InChI=1S/C34H35N7O6/c1-21(33(43)44)15-27(40-34(45)47-17-22-7-3-2-4-8-22)32(42)39-24-13-12-23-9-5-11-28(26(23)16-24)46-18-25-10-6-14-41(25)31-29-30(36-19-35-29)37-20-38-31/h2-5,7-9,11-13,16,19-21,25,27H,6,10,14-15,17-18H2,1H3,(H,39,42)(H,40,45)(H,43,44)(H,35,36,37,38)/t21-,25+,27?/m0/s1. The molecule has 4 N–H and O–H groups in total. The molecule has 0 spiro atoms. The highest BCUT2D eigenvalue weighted by atomic mass is 16.5. The fourth-order valence-corrected chi connectivity index (χ4v) is 5.71. The van der Waals surface area contributed by atoms with Crippen LogP contribution in [0.25, 0.3) is 21.9 Å². The molecule has 5 aromatic rings. The average molecular weight is 638 g/mol. The monoisotopic (exact) mass is 637 g/mol. The second-order valence-electron chi connectivity index (χ2n) is 11.5. The molecule has 0 bridgehead atoms. The van der Waals surface area contributed by atoms with Gasteiger partial charge in [-0.25, -0.2) is 19.7 Å². The number of carbonyl (C=O) groups is 3. The molecule has 1 aliphatic heterocycles. The lowest BCUT2D eigenvalue weighted by Crippen LogP contribution is -2.45. The fraction of sp³-hybridized carbons (Fsp3) is 0.294. The molecule has 242 valence electrons. The highest BCUT2D eigenvalue weighted by molar-refractivity contribution is 5.99. The van der Waals surface area contributed by atoms with Crippen LogP contribution < -0.4 is 20.3 Å². The quantitative estimate of drug-likeness (QED) is 0.147. The zero-order chi connectivity index (χ0) is 32.8. The van der Waals surface area contributed by atoms with Crippen LogP contribution in [0.15, 0.2) is 79.4 Å². The number of carbonyl (C=O) groups excluding carboxylic acids is 2. The van der Waals surface area contributed by atoms with E-state index in [2.05, 4.69) is 35.5 Å². The van der Waals surface area contributed by atoms with Crippen LogP contribution in [0.3, 0.4) is 0 Å². The molecule has 1 saturated heterocycles. The maximum Gasteiger partial charge on any atom is 0.408 e. The fourth-order valence-electron chi connectivity index (χ4n) is 5.71. The molecule has 47 heavy (non-hydrogen) atoms. The minimum Gasteiger partial charge on any atom is -0.491 e. The lowest BCUT2D eigenvalue weighted by atomic mass is 10.0. The van der Waals surface area contributed by atoms with E-state index in [1.54, 1.807) is 18.5 Å². The third kappa shape index (κ3) is 7.40. The van der Waals surface area contributed by atoms with Gasteiger partial charge in [0, 0.05) is 17.6 Å². The van der Waals surface area contributed by atoms with Crippen molar-refractivity contribution in [3.63, 3.8) is 0 Å². The molecule has 6 rings (SSSR count). The van der Waals surface area contributed by atoms with Gasteiger partial charge in [-0.3, -0.25) is 9.59 Å². The van der Waals surface area contributed by atoms with Gasteiger partial charge in [0.15, 0.2) is 11.5 Å². The Hall–Kier alpha value is -5.72. The first-order valence-electron chi connectivity index (χ1n) is 15.4. The number of anilines is 2. The summed E-state index contributed by atoms with van der Waals surface area (Å²) in [5, 5.41) is 16.6. The molecular formula is C34H35N7O6. The number of H-pyrrole nitrogens is 1. The van der Waals surface area contributed by atoms with Crippen LogP contribution in [-0.2, 0) is 20.9 Å². The van der Waals surface area contributed by atoms with E-state index >= 15 is 0 Å². The van der Waals surface area contributed by atoms with Gasteiger partial charge in [0.25, 0.3) is 0 Å². The van der Waals surface area contributed by atoms with Crippen molar-refractivity contribution in [3.05, 3.63) is 84.9 Å². The highest BCUT2D eigenvalue weighted by Crippen LogP contribution is 2.32. The number of hydrogen-bond acceptors (Lipinski definition) is 9. The topological polar surface area (TPSA) is 172 Å². The van der Waals surface area contributed by atoms with Crippen LogP contribution in [0.2, 0.25) is 0 Å². The third-order valence-corrected chi connectivity index (χ3v) is 8.23. The van der Waals surface area contributed by atoms with E-state index < -0.39 is 29.9 Å². The van der Waals surface area contributed by atoms with Gasteiger partial charge >= 0.3 is 12.1 Å². The Balaban J connectivity index is 1.15. The van der Waals surface area contributed by atoms with E-state index in [9.17, 15) is 19.5 Å². The second-order valence-corrected chi connectivity index (χ2v) is 11.5. The molecule has 3 atom stereocenters. The number of aromatic nitrogens is 4. The van der Waals surface area contributed by atoms with Crippen LogP contribution in [0.4, 0.5) is 16.3 Å². The van der Waals surface area contributed by atoms with E-state index in [0.29, 0.717) is 23.7 Å². The first-order chi connectivity index (χ1) is 22.9. The van der Waals surface area contributed by atoms with Gasteiger partial charge in [-0.15, -0.1) is 0 Å². The lowest BCUT2D eigenvalue weighted by Gasteiger charge is -2.26. The zero-order valence-electron chi connectivity index (χ0n) is 25.8. The molecule has 0 saturated carbocycles. The molecule has 13 heteroatoms. The number of aliphatic carboxylic acids is 1. The SMILES string of the molecule is C[C@@H](CC(NC(=O)OCc1ccccc1)C(=O)Nc1ccc2cccc(OC[C@H]3CCCN3c3ncnc4nc[nH]c34)c2c1)C(=O)O. The largest absolute Gasteiger partial charge is 0.491 e. The number of imidazole rings is 1. The number of nitrogens with zero attached hydrogens (tertiary/aromatic N) is 4. The minimum absolute atomic E-state index is 0.00807. The van der Waals surface area contributed by atoms with Gasteiger partial charge < -0.3 is 35.1 Å². The Labute approximate surface area is 270 Å². The van der Waals surface area contributed by atoms with Crippen molar-refractivity contribution in [1.82, 2.24) is 25.3 Å². The first kappa shape index (κ1) is 31.3. The summed E-state index contributed by atoms with van der Waals surface area (Å²) in [6.07, 6.45) is 4.11. The van der Waals surface area contributed by atoms with Crippen molar-refractivity contribution in [3.8, 4) is 5.75 Å². The van der Waals surface area contributed by atoms with Crippen LogP contribution in [0, 0.1) is 5.92 Å². The number of nitrogens with one attached hydrogen (secondary N) is 3. The van der Waals surface area contributed by atoms with Crippen LogP contribution >= 0.6 is 0 Å². The van der Waals surface area contributed by atoms with E-state index in [1.165, 1.54) is 13.3 Å². The van der Waals surface area contributed by atoms with E-state index in [1.807, 2.05) is 54.6 Å². The Morgan fingerprint density at radius 1 is 1.06 bits per heavy atom. The number of alkyl carbamates (subject to hydrolysis) is 1. The summed E-state index contributed by atoms with van der Waals surface area (Å²) >= 11 is 0. The molecule has 13 nitrogen and oxygen atoms in total. The van der Waals surface area contributed by atoms with Crippen LogP contribution in [-0.4, -0.2) is 68.2 Å². The predicted molar refractivity (Wildman–Crippen MR) is 175 cm³/mol. The number of benzene rings is 3. The number of ether oxygens (including phenoxy) is 2. The van der Waals surface area contributed by atoms with Crippen molar-refractivity contribution < 1.29 is 29.0 Å². The first-order valence-corrected chi connectivity index (χ1v) is 15.4. The summed E-state index contributed by atoms with van der Waals surface area (Å²) in [6, 6.07) is 19.2. The molecule has 2 amide bonds. The number of rotatable bonds is 12. The Morgan fingerprint density at radius 3 is 2.74 bits per heavy atom. The molecule has 1 unspecified atom stereocenters. The number of hydrogen-bond donors (Lipinski definition) is 4. The summed E-state index contributed by atoms with van der Waals surface area (Å²) in [5.74, 6) is -1.09. The van der Waals surface area contributed by atoms with Crippen molar-refractivity contribution in [2.75, 3.05) is 23.4 Å². The normalized spacial score (nSPS) is 15.7. The number of amides is 2. The van der Waals surface area contributed by atoms with Crippen molar-refractivity contribution in [1.29, 1.82) is 0 Å². The van der Waals surface area contributed by atoms with E-state index in [0.717, 1.165) is 47.1 Å². The summed E-state index contributed by atoms with van der Waals surface area (Å²) in [4.78, 5) is 56.0. The second kappa shape index (κ2) is 14.1. The molecule has 0 aliphatic carbocycles. The minimum atomic E-state index is -1.15. The highest BCUT2D eigenvalue weighted by Gasteiger charge is 2.29.